The molecule has 0 fully saturated rings. The minimum atomic E-state index is -0.699. The topological polar surface area (TPSA) is 0 Å². The van der Waals surface area contributed by atoms with Crippen LogP contribution in [-0.4, -0.2) is 0 Å². The smallest absolute Gasteiger partial charge is 0.0524 e. The molecule has 0 bridgehead atoms. The zero-order chi connectivity index (χ0) is 12.5. The number of hydrogen-bond donors (Lipinski definition) is 0. The molecular weight excluding hydrogens is 305 g/mol. The van der Waals surface area contributed by atoms with Crippen molar-refractivity contribution in [1.29, 1.82) is 0 Å². The van der Waals surface area contributed by atoms with Gasteiger partial charge in [-0.2, -0.15) is 0 Å². The van der Waals surface area contributed by atoms with E-state index in [4.69, 9.17) is 11.2 Å². The fraction of sp³-hybridized carbons (Fsp3) is 0.200. The predicted octanol–water partition coefficient (Wildman–Crippen LogP) is 4.69. The summed E-state index contributed by atoms with van der Waals surface area (Å²) in [6, 6.07) is 20.4. The van der Waals surface area contributed by atoms with E-state index in [9.17, 15) is 0 Å². The summed E-state index contributed by atoms with van der Waals surface area (Å²) in [5.41, 5.74) is 0. The molecule has 0 saturated heterocycles. The molecule has 0 aliphatic heterocycles. The van der Waals surface area contributed by atoms with Gasteiger partial charge < -0.3 is 0 Å². The molecule has 0 N–H and O–H groups in total. The summed E-state index contributed by atoms with van der Waals surface area (Å²) in [4.78, 5) is 0. The van der Waals surface area contributed by atoms with E-state index in [0.717, 1.165) is 0 Å². The Morgan fingerprint density at radius 2 is 1.06 bits per heavy atom. The van der Waals surface area contributed by atoms with E-state index in [1.807, 2.05) is 36.4 Å². The molecule has 0 amide bonds. The van der Waals surface area contributed by atoms with Crippen LogP contribution < -0.4 is 10.6 Å². The molecule has 0 aromatic heterocycles. The Bertz CT molecular complexity index is 366. The first-order valence-electron chi connectivity index (χ1n) is 5.85. The largest absolute Gasteiger partial charge is 0.0859 e. The molecule has 0 aliphatic carbocycles. The first kappa shape index (κ1) is 17.7. The maximum absolute atomic E-state index is 6.40. The fourth-order valence-electron chi connectivity index (χ4n) is 1.27. The maximum Gasteiger partial charge on any atom is 0.0524 e. The van der Waals surface area contributed by atoms with Gasteiger partial charge in [-0.1, -0.05) is 92.2 Å². The van der Waals surface area contributed by atoms with Crippen molar-refractivity contribution in [3.05, 3.63) is 60.7 Å². The molecule has 0 heterocycles. The van der Waals surface area contributed by atoms with Crippen molar-refractivity contribution in [2.24, 2.45) is 0 Å². The first-order valence-corrected chi connectivity index (χ1v) is 8.10. The summed E-state index contributed by atoms with van der Waals surface area (Å²) in [6.45, 7) is 4.25. The molecule has 0 unspecified atom stereocenters. The van der Waals surface area contributed by atoms with Crippen molar-refractivity contribution in [2.45, 2.75) is 20.3 Å². The first-order chi connectivity index (χ1) is 8.29. The van der Waals surface area contributed by atoms with Crippen LogP contribution in [0.2, 0.25) is 0 Å². The average Bonchev–Trinajstić information content (AvgIpc) is 2.41. The van der Waals surface area contributed by atoms with Gasteiger partial charge >= 0.3 is 0 Å². The zero-order valence-corrected chi connectivity index (χ0v) is 13.3. The molecule has 18 heavy (non-hydrogen) atoms. The van der Waals surface area contributed by atoms with Gasteiger partial charge in [-0.15, -0.1) is 0 Å². The monoisotopic (exact) mass is 322 g/mol. The molecule has 2 aromatic rings. The number of halogens is 1. The minimum absolute atomic E-state index is 0. The fourth-order valence-corrected chi connectivity index (χ4v) is 3.11. The maximum atomic E-state index is 6.40. The van der Waals surface area contributed by atoms with Gasteiger partial charge in [-0.05, 0) is 10.6 Å². The third-order valence-electron chi connectivity index (χ3n) is 1.97. The molecule has 0 nitrogen and oxygen atoms in total. The van der Waals surface area contributed by atoms with E-state index in [1.54, 1.807) is 0 Å². The number of benzene rings is 2. The van der Waals surface area contributed by atoms with Crippen molar-refractivity contribution < 1.29 is 16.5 Å². The second-order valence-corrected chi connectivity index (χ2v) is 6.27. The molecule has 0 aliphatic rings. The Labute approximate surface area is 126 Å². The predicted molar refractivity (Wildman–Crippen MR) is 80.9 cm³/mol. The van der Waals surface area contributed by atoms with Crippen molar-refractivity contribution >= 4 is 29.1 Å². The number of rotatable bonds is 2. The zero-order valence-electron chi connectivity index (χ0n) is 10.6. The van der Waals surface area contributed by atoms with E-state index in [2.05, 4.69) is 38.1 Å². The van der Waals surface area contributed by atoms with Crippen LogP contribution in [0.5, 0.6) is 0 Å². The van der Waals surface area contributed by atoms with Crippen molar-refractivity contribution in [3.8, 4) is 0 Å². The van der Waals surface area contributed by atoms with E-state index in [-0.39, 0.29) is 16.5 Å². The summed E-state index contributed by atoms with van der Waals surface area (Å²) < 4.78 is 0. The number of hydrogen-bond acceptors (Lipinski definition) is 0. The normalized spacial score (nSPS) is 9.11. The summed E-state index contributed by atoms with van der Waals surface area (Å²) in [5, 5.41) is 2.41. The van der Waals surface area contributed by atoms with Crippen LogP contribution in [-0.2, 0) is 16.5 Å². The van der Waals surface area contributed by atoms with Crippen LogP contribution in [0.4, 0.5) is 0 Å². The quantitative estimate of drug-likeness (QED) is 0.556. The molecule has 2 aromatic carbocycles. The minimum Gasteiger partial charge on any atom is -0.0859 e. The summed E-state index contributed by atoms with van der Waals surface area (Å²) in [5.74, 6) is 0. The van der Waals surface area contributed by atoms with E-state index in [1.165, 1.54) is 17.0 Å². The SMILES string of the molecule is CCC.ClP(c1ccccc1)c1ccccc1.[Ni]. The standard InChI is InChI=1S/C12H10ClP.C3H8.Ni/c13-14(11-7-3-1-4-8-11)12-9-5-2-6-10-12;1-3-2;/h1-10H;3H2,1-2H3;. The van der Waals surface area contributed by atoms with Crippen LogP contribution >= 0.6 is 18.5 Å². The Kier molecular flexibility index (Phi) is 10.4. The van der Waals surface area contributed by atoms with E-state index < -0.39 is 7.27 Å². The van der Waals surface area contributed by atoms with Crippen molar-refractivity contribution in [3.63, 3.8) is 0 Å². The van der Waals surface area contributed by atoms with Gasteiger partial charge in [0.2, 0.25) is 0 Å². The molecule has 0 saturated carbocycles. The molecule has 0 atom stereocenters. The van der Waals surface area contributed by atoms with Crippen molar-refractivity contribution in [2.75, 3.05) is 0 Å². The molecule has 0 spiro atoms. The Morgan fingerprint density at radius 1 is 0.778 bits per heavy atom. The third kappa shape index (κ3) is 6.01. The summed E-state index contributed by atoms with van der Waals surface area (Å²) in [7, 11) is -0.699. The second-order valence-electron chi connectivity index (χ2n) is 3.66. The van der Waals surface area contributed by atoms with Gasteiger partial charge in [0, 0.05) is 16.5 Å². The van der Waals surface area contributed by atoms with Gasteiger partial charge in [0.1, 0.15) is 0 Å². The third-order valence-corrected chi connectivity index (χ3v) is 4.64. The van der Waals surface area contributed by atoms with Crippen LogP contribution in [0.15, 0.2) is 60.7 Å². The molecule has 100 valence electrons. The van der Waals surface area contributed by atoms with Gasteiger partial charge in [0.15, 0.2) is 0 Å². The molecular formula is C15H18ClNiP. The van der Waals surface area contributed by atoms with Gasteiger partial charge in [-0.25, -0.2) is 0 Å². The van der Waals surface area contributed by atoms with E-state index >= 15 is 0 Å². The Balaban J connectivity index is 0.000000660. The van der Waals surface area contributed by atoms with Crippen LogP contribution in [0.25, 0.3) is 0 Å². The molecule has 3 heteroatoms. The average molecular weight is 323 g/mol. The molecule has 0 radical (unpaired) electrons. The van der Waals surface area contributed by atoms with Crippen LogP contribution in [0.1, 0.15) is 20.3 Å². The summed E-state index contributed by atoms with van der Waals surface area (Å²) >= 11 is 6.40. The molecule has 2 rings (SSSR count). The van der Waals surface area contributed by atoms with Crippen molar-refractivity contribution in [1.82, 2.24) is 0 Å². The van der Waals surface area contributed by atoms with Gasteiger partial charge in [0.05, 0.1) is 7.27 Å². The summed E-state index contributed by atoms with van der Waals surface area (Å²) in [6.07, 6.45) is 1.25. The van der Waals surface area contributed by atoms with Gasteiger partial charge in [-0.3, -0.25) is 0 Å². The van der Waals surface area contributed by atoms with E-state index in [0.29, 0.717) is 0 Å². The van der Waals surface area contributed by atoms with Crippen LogP contribution in [0.3, 0.4) is 0 Å². The second kappa shape index (κ2) is 10.6. The Morgan fingerprint density at radius 3 is 1.33 bits per heavy atom. The van der Waals surface area contributed by atoms with Crippen LogP contribution in [0, 0.1) is 0 Å². The Hall–Kier alpha value is -0.346. The van der Waals surface area contributed by atoms with Gasteiger partial charge in [0.25, 0.3) is 0 Å².